The van der Waals surface area contributed by atoms with Crippen molar-refractivity contribution in [2.45, 2.75) is 23.8 Å². The lowest BCUT2D eigenvalue weighted by Crippen LogP contribution is -2.48. The van der Waals surface area contributed by atoms with Crippen LogP contribution in [-0.4, -0.2) is 76.6 Å². The number of rotatable bonds is 8. The third-order valence-electron chi connectivity index (χ3n) is 5.95. The Morgan fingerprint density at radius 2 is 1.79 bits per heavy atom. The number of sulfonamides is 1. The first kappa shape index (κ1) is 24.2. The standard InChI is InChI=1S/C24H29N3O6S/c28-23(25-17-21-9-5-15-32-21)18-33-24(29)19-6-4-10-22(16-19)34(30,31)27-13-11-26(12-14-27)20-7-2-1-3-8-20/h1-4,6-8,10,16,21H,5,9,11-15,17-18H2,(H,25,28)/t21-/m1/s1. The summed E-state index contributed by atoms with van der Waals surface area (Å²) in [4.78, 5) is 26.5. The average Bonchev–Trinajstić information content (AvgIpc) is 3.40. The number of anilines is 1. The van der Waals surface area contributed by atoms with Crippen LogP contribution in [-0.2, 0) is 24.3 Å². The predicted octanol–water partition coefficient (Wildman–Crippen LogP) is 1.65. The van der Waals surface area contributed by atoms with Gasteiger partial charge in [0.1, 0.15) is 0 Å². The zero-order valence-electron chi connectivity index (χ0n) is 18.9. The van der Waals surface area contributed by atoms with Crippen molar-refractivity contribution in [3.63, 3.8) is 0 Å². The topological polar surface area (TPSA) is 105 Å². The van der Waals surface area contributed by atoms with Crippen LogP contribution in [0.5, 0.6) is 0 Å². The molecule has 4 rings (SSSR count). The second-order valence-corrected chi connectivity index (χ2v) is 10.2. The van der Waals surface area contributed by atoms with E-state index in [1.165, 1.54) is 28.6 Å². The normalized spacial score (nSPS) is 19.1. The van der Waals surface area contributed by atoms with Crippen LogP contribution in [0.25, 0.3) is 0 Å². The van der Waals surface area contributed by atoms with Crippen LogP contribution in [0.3, 0.4) is 0 Å². The minimum atomic E-state index is -3.77. The highest BCUT2D eigenvalue weighted by molar-refractivity contribution is 7.89. The first-order chi connectivity index (χ1) is 16.4. The Morgan fingerprint density at radius 1 is 1.03 bits per heavy atom. The summed E-state index contributed by atoms with van der Waals surface area (Å²) in [5.41, 5.74) is 1.14. The van der Waals surface area contributed by atoms with Gasteiger partial charge < -0.3 is 19.7 Å². The Morgan fingerprint density at radius 3 is 2.50 bits per heavy atom. The molecule has 182 valence electrons. The largest absolute Gasteiger partial charge is 0.452 e. The molecule has 0 spiro atoms. The van der Waals surface area contributed by atoms with Crippen molar-refractivity contribution in [2.75, 3.05) is 50.8 Å². The molecule has 0 radical (unpaired) electrons. The minimum Gasteiger partial charge on any atom is -0.452 e. The third-order valence-corrected chi connectivity index (χ3v) is 7.85. The lowest BCUT2D eigenvalue weighted by molar-refractivity contribution is -0.124. The fraction of sp³-hybridized carbons (Fsp3) is 0.417. The van der Waals surface area contributed by atoms with E-state index in [0.717, 1.165) is 18.5 Å². The van der Waals surface area contributed by atoms with E-state index in [1.807, 2.05) is 30.3 Å². The molecule has 0 aromatic heterocycles. The van der Waals surface area contributed by atoms with Crippen molar-refractivity contribution in [1.82, 2.24) is 9.62 Å². The van der Waals surface area contributed by atoms with Gasteiger partial charge >= 0.3 is 5.97 Å². The van der Waals surface area contributed by atoms with Gasteiger partial charge in [-0.3, -0.25) is 4.79 Å². The van der Waals surface area contributed by atoms with E-state index in [9.17, 15) is 18.0 Å². The molecule has 1 N–H and O–H groups in total. The van der Waals surface area contributed by atoms with Crippen molar-refractivity contribution >= 4 is 27.6 Å². The fourth-order valence-electron chi connectivity index (χ4n) is 4.06. The quantitative estimate of drug-likeness (QED) is 0.565. The van der Waals surface area contributed by atoms with Crippen LogP contribution >= 0.6 is 0 Å². The van der Waals surface area contributed by atoms with E-state index in [0.29, 0.717) is 39.3 Å². The van der Waals surface area contributed by atoms with Gasteiger partial charge in [-0.05, 0) is 43.2 Å². The van der Waals surface area contributed by atoms with E-state index < -0.39 is 28.5 Å². The first-order valence-corrected chi connectivity index (χ1v) is 12.8. The number of nitrogens with one attached hydrogen (secondary N) is 1. The van der Waals surface area contributed by atoms with Gasteiger partial charge in [-0.25, -0.2) is 13.2 Å². The number of benzene rings is 2. The lowest BCUT2D eigenvalue weighted by Gasteiger charge is -2.35. The van der Waals surface area contributed by atoms with Crippen molar-refractivity contribution in [3.8, 4) is 0 Å². The summed E-state index contributed by atoms with van der Waals surface area (Å²) in [6.07, 6.45) is 1.86. The molecule has 10 heteroatoms. The van der Waals surface area contributed by atoms with Crippen LogP contribution < -0.4 is 10.2 Å². The summed E-state index contributed by atoms with van der Waals surface area (Å²) in [7, 11) is -3.77. The summed E-state index contributed by atoms with van der Waals surface area (Å²) in [5.74, 6) is -1.18. The molecule has 34 heavy (non-hydrogen) atoms. The third kappa shape index (κ3) is 5.94. The molecule has 2 saturated heterocycles. The summed E-state index contributed by atoms with van der Waals surface area (Å²) < 4.78 is 38.3. The van der Waals surface area contributed by atoms with Crippen LogP contribution in [0.4, 0.5) is 5.69 Å². The maximum absolute atomic E-state index is 13.2. The number of esters is 1. The molecule has 2 aromatic rings. The van der Waals surface area contributed by atoms with Crippen LogP contribution in [0.2, 0.25) is 0 Å². The fourth-order valence-corrected chi connectivity index (χ4v) is 5.53. The van der Waals surface area contributed by atoms with Gasteiger partial charge in [-0.1, -0.05) is 24.3 Å². The summed E-state index contributed by atoms with van der Waals surface area (Å²) in [6.45, 7) is 2.47. The second kappa shape index (κ2) is 11.0. The molecule has 2 heterocycles. The van der Waals surface area contributed by atoms with Crippen LogP contribution in [0.1, 0.15) is 23.2 Å². The Bertz CT molecular complexity index is 1090. The van der Waals surface area contributed by atoms with Gasteiger partial charge in [0, 0.05) is 45.0 Å². The molecule has 1 atom stereocenters. The SMILES string of the molecule is O=C(COC(=O)c1cccc(S(=O)(=O)N2CCN(c3ccccc3)CC2)c1)NC[C@H]1CCCO1. The molecule has 0 bridgehead atoms. The highest BCUT2D eigenvalue weighted by atomic mass is 32.2. The maximum atomic E-state index is 13.2. The second-order valence-electron chi connectivity index (χ2n) is 8.27. The number of amides is 1. The number of ether oxygens (including phenoxy) is 2. The molecular formula is C24H29N3O6S. The number of carbonyl (C=O) groups excluding carboxylic acids is 2. The van der Waals surface area contributed by atoms with Gasteiger partial charge in [0.2, 0.25) is 10.0 Å². The van der Waals surface area contributed by atoms with Crippen molar-refractivity contribution in [2.24, 2.45) is 0 Å². The lowest BCUT2D eigenvalue weighted by atomic mass is 10.2. The molecule has 2 fully saturated rings. The molecule has 9 nitrogen and oxygen atoms in total. The smallest absolute Gasteiger partial charge is 0.338 e. The van der Waals surface area contributed by atoms with Gasteiger partial charge in [0.05, 0.1) is 16.6 Å². The van der Waals surface area contributed by atoms with E-state index in [-0.39, 0.29) is 16.6 Å². The van der Waals surface area contributed by atoms with E-state index in [2.05, 4.69) is 10.2 Å². The van der Waals surface area contributed by atoms with Crippen LogP contribution in [0, 0.1) is 0 Å². The van der Waals surface area contributed by atoms with Crippen molar-refractivity contribution in [1.29, 1.82) is 0 Å². The first-order valence-electron chi connectivity index (χ1n) is 11.4. The Hall–Kier alpha value is -2.95. The zero-order chi connectivity index (χ0) is 24.0. The van der Waals surface area contributed by atoms with Gasteiger partial charge in [-0.2, -0.15) is 4.31 Å². The molecule has 2 aliphatic rings. The highest BCUT2D eigenvalue weighted by Gasteiger charge is 2.29. The van der Waals surface area contributed by atoms with E-state index >= 15 is 0 Å². The van der Waals surface area contributed by atoms with Gasteiger partial charge in [-0.15, -0.1) is 0 Å². The molecule has 2 aromatic carbocycles. The Labute approximate surface area is 199 Å². The van der Waals surface area contributed by atoms with Crippen molar-refractivity contribution in [3.05, 3.63) is 60.2 Å². The molecule has 2 aliphatic heterocycles. The number of piperazine rings is 1. The maximum Gasteiger partial charge on any atom is 0.338 e. The predicted molar refractivity (Wildman–Crippen MR) is 126 cm³/mol. The molecule has 1 amide bonds. The zero-order valence-corrected chi connectivity index (χ0v) is 19.7. The monoisotopic (exact) mass is 487 g/mol. The molecule has 0 aliphatic carbocycles. The molecule has 0 unspecified atom stereocenters. The molecule has 0 saturated carbocycles. The number of hydrogen-bond donors (Lipinski definition) is 1. The Kier molecular flexibility index (Phi) is 7.81. The van der Waals surface area contributed by atoms with E-state index in [1.54, 1.807) is 0 Å². The summed E-state index contributed by atoms with van der Waals surface area (Å²) >= 11 is 0. The molecular weight excluding hydrogens is 458 g/mol. The minimum absolute atomic E-state index is 0.00361. The summed E-state index contributed by atoms with van der Waals surface area (Å²) in [5, 5.41) is 2.68. The number of carbonyl (C=O) groups is 2. The van der Waals surface area contributed by atoms with Crippen LogP contribution in [0.15, 0.2) is 59.5 Å². The van der Waals surface area contributed by atoms with Gasteiger partial charge in [0.25, 0.3) is 5.91 Å². The van der Waals surface area contributed by atoms with E-state index in [4.69, 9.17) is 9.47 Å². The number of nitrogens with zero attached hydrogens (tertiary/aromatic N) is 2. The summed E-state index contributed by atoms with van der Waals surface area (Å²) in [6, 6.07) is 15.6. The highest BCUT2D eigenvalue weighted by Crippen LogP contribution is 2.22. The van der Waals surface area contributed by atoms with Crippen molar-refractivity contribution < 1.29 is 27.5 Å². The Balaban J connectivity index is 1.31. The number of hydrogen-bond acceptors (Lipinski definition) is 7. The average molecular weight is 488 g/mol. The van der Waals surface area contributed by atoms with Gasteiger partial charge in [0.15, 0.2) is 6.61 Å². The number of para-hydroxylation sites is 1.